The van der Waals surface area contributed by atoms with E-state index >= 15 is 0 Å². The van der Waals surface area contributed by atoms with E-state index in [4.69, 9.17) is 0 Å². The molecule has 2 rings (SSSR count). The molecule has 0 aliphatic rings. The first kappa shape index (κ1) is 14.0. The first-order chi connectivity index (χ1) is 9.18. The molecule has 0 saturated carbocycles. The van der Waals surface area contributed by atoms with Gasteiger partial charge in [-0.1, -0.05) is 30.3 Å². The van der Waals surface area contributed by atoms with E-state index in [2.05, 4.69) is 45.2 Å². The van der Waals surface area contributed by atoms with Crippen LogP contribution in [0.4, 0.5) is 0 Å². The van der Waals surface area contributed by atoms with Crippen LogP contribution in [-0.4, -0.2) is 9.55 Å². The highest BCUT2D eigenvalue weighted by atomic mass is 79.9. The van der Waals surface area contributed by atoms with E-state index in [1.165, 1.54) is 5.56 Å². The van der Waals surface area contributed by atoms with Crippen molar-refractivity contribution in [3.05, 3.63) is 62.7 Å². The number of aryl methyl sites for hydroxylation is 2. The Hall–Kier alpha value is -1.42. The maximum atomic E-state index is 11.9. The van der Waals surface area contributed by atoms with Gasteiger partial charge in [-0.25, -0.2) is 4.98 Å². The number of benzene rings is 1. The van der Waals surface area contributed by atoms with Crippen molar-refractivity contribution in [3.63, 3.8) is 0 Å². The minimum Gasteiger partial charge on any atom is -0.296 e. The van der Waals surface area contributed by atoms with Crippen molar-refractivity contribution in [1.29, 1.82) is 0 Å². The average Bonchev–Trinajstić information content (AvgIpc) is 2.43. The van der Waals surface area contributed by atoms with Crippen molar-refractivity contribution in [3.8, 4) is 0 Å². The van der Waals surface area contributed by atoms with Gasteiger partial charge in [-0.3, -0.25) is 9.36 Å². The number of unbranched alkanes of at least 4 members (excludes halogenated alkanes) is 1. The van der Waals surface area contributed by atoms with Crippen LogP contribution >= 0.6 is 15.9 Å². The highest BCUT2D eigenvalue weighted by molar-refractivity contribution is 9.10. The fraction of sp³-hybridized carbons (Fsp3) is 0.333. The topological polar surface area (TPSA) is 34.9 Å². The third kappa shape index (κ3) is 3.77. The molecule has 0 N–H and O–H groups in total. The molecule has 19 heavy (non-hydrogen) atoms. The second-order valence-corrected chi connectivity index (χ2v) is 5.41. The lowest BCUT2D eigenvalue weighted by Crippen LogP contribution is -2.24. The Balaban J connectivity index is 1.90. The van der Waals surface area contributed by atoms with Crippen LogP contribution < -0.4 is 5.56 Å². The third-order valence-electron chi connectivity index (χ3n) is 3.14. The molecule has 100 valence electrons. The largest absolute Gasteiger partial charge is 0.296 e. The van der Waals surface area contributed by atoms with E-state index in [1.54, 1.807) is 10.8 Å². The summed E-state index contributed by atoms with van der Waals surface area (Å²) in [4.78, 5) is 16.1. The molecule has 0 unspecified atom stereocenters. The van der Waals surface area contributed by atoms with Gasteiger partial charge >= 0.3 is 0 Å². The Labute approximate surface area is 121 Å². The molecule has 0 fully saturated rings. The number of nitrogens with zero attached hydrogens (tertiary/aromatic N) is 2. The quantitative estimate of drug-likeness (QED) is 0.792. The van der Waals surface area contributed by atoms with Crippen molar-refractivity contribution in [2.45, 2.75) is 32.7 Å². The molecule has 0 spiro atoms. The van der Waals surface area contributed by atoms with Gasteiger partial charge in [0.25, 0.3) is 5.56 Å². The Morgan fingerprint density at radius 2 is 1.95 bits per heavy atom. The molecule has 0 bridgehead atoms. The van der Waals surface area contributed by atoms with Crippen molar-refractivity contribution < 1.29 is 0 Å². The van der Waals surface area contributed by atoms with E-state index in [0.29, 0.717) is 4.47 Å². The highest BCUT2D eigenvalue weighted by Gasteiger charge is 2.04. The smallest absolute Gasteiger partial charge is 0.267 e. The summed E-state index contributed by atoms with van der Waals surface area (Å²) in [5.41, 5.74) is 1.35. The van der Waals surface area contributed by atoms with E-state index < -0.39 is 0 Å². The maximum Gasteiger partial charge on any atom is 0.267 e. The maximum absolute atomic E-state index is 11.9. The standard InChI is InChI=1S/C15H17BrN2O/c1-12-17-11-14(16)15(19)18(12)10-6-5-9-13-7-3-2-4-8-13/h2-4,7-8,11H,5-6,9-10H2,1H3. The summed E-state index contributed by atoms with van der Waals surface area (Å²) in [6, 6.07) is 10.4. The van der Waals surface area contributed by atoms with Crippen molar-refractivity contribution in [2.24, 2.45) is 0 Å². The zero-order valence-corrected chi connectivity index (χ0v) is 12.6. The predicted octanol–water partition coefficient (Wildman–Crippen LogP) is 3.34. The summed E-state index contributed by atoms with van der Waals surface area (Å²) in [5, 5.41) is 0. The summed E-state index contributed by atoms with van der Waals surface area (Å²) in [6.45, 7) is 2.59. The van der Waals surface area contributed by atoms with E-state index in [-0.39, 0.29) is 5.56 Å². The number of hydrogen-bond acceptors (Lipinski definition) is 2. The molecule has 0 aliphatic heterocycles. The molecule has 0 radical (unpaired) electrons. The van der Waals surface area contributed by atoms with E-state index in [1.807, 2.05) is 13.0 Å². The lowest BCUT2D eigenvalue weighted by Gasteiger charge is -2.09. The molecule has 0 atom stereocenters. The third-order valence-corrected chi connectivity index (χ3v) is 3.69. The molecular weight excluding hydrogens is 304 g/mol. The Morgan fingerprint density at radius 3 is 2.68 bits per heavy atom. The summed E-state index contributed by atoms with van der Waals surface area (Å²) >= 11 is 3.23. The van der Waals surface area contributed by atoms with Crippen LogP contribution in [0.3, 0.4) is 0 Å². The van der Waals surface area contributed by atoms with Crippen molar-refractivity contribution in [1.82, 2.24) is 9.55 Å². The van der Waals surface area contributed by atoms with Gasteiger partial charge in [0.2, 0.25) is 0 Å². The van der Waals surface area contributed by atoms with Crippen LogP contribution in [0.5, 0.6) is 0 Å². The molecule has 0 amide bonds. The van der Waals surface area contributed by atoms with E-state index in [9.17, 15) is 4.79 Å². The summed E-state index contributed by atoms with van der Waals surface area (Å²) in [7, 11) is 0. The zero-order valence-electron chi connectivity index (χ0n) is 11.0. The Morgan fingerprint density at radius 1 is 1.21 bits per heavy atom. The van der Waals surface area contributed by atoms with Gasteiger partial charge in [0.1, 0.15) is 10.3 Å². The predicted molar refractivity (Wildman–Crippen MR) is 80.3 cm³/mol. The molecule has 4 heteroatoms. The van der Waals surface area contributed by atoms with Gasteiger partial charge in [0.05, 0.1) is 0 Å². The Bertz CT molecular complexity index is 593. The van der Waals surface area contributed by atoms with Gasteiger partial charge in [0, 0.05) is 12.7 Å². The zero-order chi connectivity index (χ0) is 13.7. The monoisotopic (exact) mass is 320 g/mol. The highest BCUT2D eigenvalue weighted by Crippen LogP contribution is 2.07. The van der Waals surface area contributed by atoms with Crippen LogP contribution in [-0.2, 0) is 13.0 Å². The molecule has 1 heterocycles. The van der Waals surface area contributed by atoms with Gasteiger partial charge in [-0.05, 0) is 47.7 Å². The molecule has 0 saturated heterocycles. The molecule has 1 aromatic heterocycles. The fourth-order valence-corrected chi connectivity index (χ4v) is 2.37. The summed E-state index contributed by atoms with van der Waals surface area (Å²) in [5.74, 6) is 0.771. The summed E-state index contributed by atoms with van der Waals surface area (Å²) < 4.78 is 2.26. The van der Waals surface area contributed by atoms with Crippen molar-refractivity contribution in [2.75, 3.05) is 0 Å². The molecular formula is C15H17BrN2O. The van der Waals surface area contributed by atoms with Crippen molar-refractivity contribution >= 4 is 15.9 Å². The first-order valence-electron chi connectivity index (χ1n) is 6.44. The molecule has 1 aromatic carbocycles. The van der Waals surface area contributed by atoms with Crippen LogP contribution in [0.15, 0.2) is 45.8 Å². The minimum atomic E-state index is 0.00668. The van der Waals surface area contributed by atoms with E-state index in [0.717, 1.165) is 31.6 Å². The van der Waals surface area contributed by atoms with Crippen LogP contribution in [0.2, 0.25) is 0 Å². The second kappa shape index (κ2) is 6.66. The number of aromatic nitrogens is 2. The Kier molecular flexibility index (Phi) is 4.91. The van der Waals surface area contributed by atoms with Gasteiger partial charge < -0.3 is 0 Å². The minimum absolute atomic E-state index is 0.00668. The second-order valence-electron chi connectivity index (χ2n) is 4.55. The normalized spacial score (nSPS) is 10.6. The van der Waals surface area contributed by atoms with Gasteiger partial charge in [-0.15, -0.1) is 0 Å². The molecule has 3 nitrogen and oxygen atoms in total. The lowest BCUT2D eigenvalue weighted by molar-refractivity contribution is 0.568. The average molecular weight is 321 g/mol. The fourth-order valence-electron chi connectivity index (χ4n) is 2.06. The van der Waals surface area contributed by atoms with Gasteiger partial charge in [0.15, 0.2) is 0 Å². The first-order valence-corrected chi connectivity index (χ1v) is 7.23. The molecule has 2 aromatic rings. The lowest BCUT2D eigenvalue weighted by atomic mass is 10.1. The SMILES string of the molecule is Cc1ncc(Br)c(=O)n1CCCCc1ccccc1. The van der Waals surface area contributed by atoms with Crippen LogP contribution in [0.1, 0.15) is 24.2 Å². The number of halogens is 1. The van der Waals surface area contributed by atoms with Crippen LogP contribution in [0.25, 0.3) is 0 Å². The summed E-state index contributed by atoms with van der Waals surface area (Å²) in [6.07, 6.45) is 4.67. The molecule has 0 aliphatic carbocycles. The number of rotatable bonds is 5. The van der Waals surface area contributed by atoms with Gasteiger partial charge in [-0.2, -0.15) is 0 Å². The number of hydrogen-bond donors (Lipinski definition) is 0. The van der Waals surface area contributed by atoms with Crippen LogP contribution in [0, 0.1) is 6.92 Å².